The number of amides is 8. The van der Waals surface area contributed by atoms with Crippen molar-refractivity contribution in [3.8, 4) is 0 Å². The fourth-order valence-electron chi connectivity index (χ4n) is 10.1. The summed E-state index contributed by atoms with van der Waals surface area (Å²) >= 11 is 2.39. The molecule has 4 N–H and O–H groups in total. The van der Waals surface area contributed by atoms with Gasteiger partial charge < -0.3 is 29.6 Å². The highest BCUT2D eigenvalue weighted by Gasteiger charge is 2.53. The fourth-order valence-corrected chi connectivity index (χ4v) is 12.5. The van der Waals surface area contributed by atoms with Crippen LogP contribution in [0.25, 0.3) is 0 Å². The third kappa shape index (κ3) is 12.8. The second-order valence-electron chi connectivity index (χ2n) is 20.6. The number of urea groups is 1. The summed E-state index contributed by atoms with van der Waals surface area (Å²) in [7, 11) is 3.09. The van der Waals surface area contributed by atoms with Gasteiger partial charge in [-0.15, -0.1) is 16.9 Å². The largest absolute Gasteiger partial charge is 0.448 e. The summed E-state index contributed by atoms with van der Waals surface area (Å²) in [5.74, 6) is -3.95. The van der Waals surface area contributed by atoms with Crippen LogP contribution < -0.4 is 25.8 Å². The van der Waals surface area contributed by atoms with Gasteiger partial charge >= 0.3 is 36.0 Å². The summed E-state index contributed by atoms with van der Waals surface area (Å²) in [5.41, 5.74) is 1.16. The zero-order valence-corrected chi connectivity index (χ0v) is 48.4. The number of carbonyl (C=O) groups excluding carboxylic acids is 8. The number of para-hydroxylation sites is 3. The number of rotatable bonds is 19. The highest BCUT2D eigenvalue weighted by Crippen LogP contribution is 2.46. The van der Waals surface area contributed by atoms with Gasteiger partial charge in [-0.2, -0.15) is 0 Å². The predicted octanol–water partition coefficient (Wildman–Crippen LogP) is 7.23. The topological polar surface area (TPSA) is 272 Å². The minimum absolute atomic E-state index is 0.0247. The molecule has 8 amide bonds. The second kappa shape index (κ2) is 25.7. The van der Waals surface area contributed by atoms with Gasteiger partial charge in [-0.3, -0.25) is 29.9 Å². The molecule has 25 heteroatoms. The molecule has 84 heavy (non-hydrogen) atoms. The molecule has 9 rings (SSSR count). The van der Waals surface area contributed by atoms with Gasteiger partial charge in [0.25, 0.3) is 0 Å². The fraction of sp³-hybridized carbons (Fsp3) is 0.305. The van der Waals surface area contributed by atoms with Crippen molar-refractivity contribution in [2.24, 2.45) is 7.05 Å². The van der Waals surface area contributed by atoms with E-state index in [1.165, 1.54) is 28.5 Å². The maximum atomic E-state index is 14.6. The molecule has 0 bridgehead atoms. The van der Waals surface area contributed by atoms with E-state index in [0.717, 1.165) is 16.7 Å². The smallest absolute Gasteiger partial charge is 0.412 e. The molecule has 4 heterocycles. The lowest BCUT2D eigenvalue weighted by molar-refractivity contribution is -0.152. The van der Waals surface area contributed by atoms with Gasteiger partial charge in [0.15, 0.2) is 17.4 Å². The third-order valence-corrected chi connectivity index (χ3v) is 16.6. The van der Waals surface area contributed by atoms with E-state index in [0.29, 0.717) is 38.7 Å². The van der Waals surface area contributed by atoms with Crippen molar-refractivity contribution in [3.05, 3.63) is 173 Å². The number of nitrogens with zero attached hydrogens (tertiary/aromatic N) is 7. The molecule has 0 aliphatic carbocycles. The Morgan fingerprint density at radius 1 is 0.810 bits per heavy atom. The Bertz CT molecular complexity index is 3460. The van der Waals surface area contributed by atoms with Crippen molar-refractivity contribution in [3.63, 3.8) is 0 Å². The molecule has 436 valence electrons. The van der Waals surface area contributed by atoms with E-state index in [2.05, 4.69) is 36.8 Å². The third-order valence-electron chi connectivity index (χ3n) is 14.2. The van der Waals surface area contributed by atoms with E-state index in [9.17, 15) is 38.4 Å². The summed E-state index contributed by atoms with van der Waals surface area (Å²) in [5, 5.41) is 21.5. The lowest BCUT2D eigenvalue weighted by Gasteiger charge is -2.47. The van der Waals surface area contributed by atoms with Crippen LogP contribution >= 0.6 is 23.5 Å². The number of imide groups is 1. The Balaban J connectivity index is 0.887. The predicted molar refractivity (Wildman–Crippen MR) is 311 cm³/mol. The zero-order chi connectivity index (χ0) is 59.8. The lowest BCUT2D eigenvalue weighted by Crippen LogP contribution is -2.69. The molecule has 3 aliphatic heterocycles. The minimum Gasteiger partial charge on any atom is -0.448 e. The van der Waals surface area contributed by atoms with Crippen LogP contribution in [0.1, 0.15) is 62.5 Å². The summed E-state index contributed by atoms with van der Waals surface area (Å²) in [6.07, 6.45) is -2.43. The number of carbonyl (C=O) groups is 8. The standard InChI is InChI=1S/C59H61N11O12S2/c1-7-70(44-30-20-19-29-43(44)62-56(77)80-36-59(79-6,39-25-15-10-16-26-39)41-27-17-18-28-42(41)61-57(78)82-58(2,3)4)32-31-68(51(73)52(70)74)54(76)60-34-45(71)63-50-40(35-83-55-64-65-66-67(55)5)48(69-46(72)33-47(69)84-50)53(75)81-49(37-21-11-8-12-22-37)38-23-13-9-14-24-38/h8-30,47,49-50H,7,31-36H2,1-6H3,(H3-,60,61,62,63,71,76,77,78)/p+1/t47-,50-,59?,70?/m0/s1. The number of likely N-dealkylation sites (N-methyl/N-ethyl adjacent to an activating group) is 1. The highest BCUT2D eigenvalue weighted by atomic mass is 32.2. The summed E-state index contributed by atoms with van der Waals surface area (Å²) < 4.78 is 24.8. The van der Waals surface area contributed by atoms with E-state index in [-0.39, 0.29) is 54.8 Å². The van der Waals surface area contributed by atoms with E-state index < -0.39 is 87.6 Å². The van der Waals surface area contributed by atoms with Crippen LogP contribution in [0.4, 0.5) is 31.4 Å². The molecule has 23 nitrogen and oxygen atoms in total. The Morgan fingerprint density at radius 2 is 1.43 bits per heavy atom. The summed E-state index contributed by atoms with van der Waals surface area (Å²) in [6, 6.07) is 39.6. The molecule has 0 radical (unpaired) electrons. The number of benzene rings is 5. The SMILES string of the molecule is CC[N+]1(c2ccccc2NC(=O)OCC(OC)(c2ccccc2)c2ccccc2NC(=O)OC(C)(C)C)CCN(C(=O)NCC(=O)N[C@H]2S[C@H]3CC(=O)N3C(C(=O)OC(c3ccccc3)c3ccccc3)=C2CSc2nnnn2C)C(=O)C1=O. The number of esters is 1. The number of hydrogen-bond acceptors (Lipinski definition) is 17. The number of β-lactam (4-membered cyclic amide) rings is 1. The molecular formula is C59H62N11O12S2+. The van der Waals surface area contributed by atoms with Gasteiger partial charge in [-0.25, -0.2) is 38.0 Å². The normalized spacial score (nSPS) is 18.4. The first-order valence-electron chi connectivity index (χ1n) is 26.8. The van der Waals surface area contributed by atoms with Crippen LogP contribution in [0.2, 0.25) is 0 Å². The van der Waals surface area contributed by atoms with Crippen molar-refractivity contribution in [1.29, 1.82) is 0 Å². The quantitative estimate of drug-likeness (QED) is 0.0155. The van der Waals surface area contributed by atoms with Gasteiger partial charge in [0.2, 0.25) is 17.0 Å². The molecule has 0 spiro atoms. The van der Waals surface area contributed by atoms with Crippen LogP contribution in [0, 0.1) is 0 Å². The van der Waals surface area contributed by atoms with Crippen molar-refractivity contribution in [2.75, 3.05) is 56.3 Å². The van der Waals surface area contributed by atoms with Crippen LogP contribution in [0.15, 0.2) is 156 Å². The number of thioether (sulfide) groups is 2. The number of piperazine rings is 1. The maximum Gasteiger partial charge on any atom is 0.412 e. The van der Waals surface area contributed by atoms with Crippen LogP contribution in [0.3, 0.4) is 0 Å². The zero-order valence-electron chi connectivity index (χ0n) is 46.8. The number of aromatic nitrogens is 4. The van der Waals surface area contributed by atoms with Gasteiger partial charge in [0.1, 0.15) is 35.5 Å². The van der Waals surface area contributed by atoms with Gasteiger partial charge in [-0.1, -0.05) is 133 Å². The van der Waals surface area contributed by atoms with Gasteiger partial charge in [-0.05, 0) is 66.9 Å². The van der Waals surface area contributed by atoms with Crippen LogP contribution in [0.5, 0.6) is 0 Å². The molecule has 5 aromatic carbocycles. The van der Waals surface area contributed by atoms with E-state index in [1.807, 2.05) is 66.7 Å². The molecule has 2 unspecified atom stereocenters. The number of hydrogen-bond donors (Lipinski definition) is 4. The first-order chi connectivity index (χ1) is 40.4. The molecule has 6 aromatic rings. The van der Waals surface area contributed by atoms with Crippen LogP contribution in [-0.4, -0.2) is 140 Å². The van der Waals surface area contributed by atoms with Gasteiger partial charge in [0.05, 0.1) is 37.1 Å². The molecular weight excluding hydrogens is 1120 g/mol. The molecule has 2 saturated heterocycles. The number of tetrazole rings is 1. The number of methoxy groups -OCH3 is 1. The van der Waals surface area contributed by atoms with Gasteiger partial charge in [0, 0.05) is 37.1 Å². The number of nitrogens with one attached hydrogen (secondary N) is 4. The monoisotopic (exact) mass is 1180 g/mol. The molecule has 2 fully saturated rings. The first kappa shape index (κ1) is 59.7. The maximum absolute atomic E-state index is 14.6. The second-order valence-corrected chi connectivity index (χ2v) is 22.8. The number of aryl methyl sites for hydroxylation is 1. The molecule has 3 aliphatic rings. The van der Waals surface area contributed by atoms with Crippen molar-refractivity contribution < 1.29 is 57.3 Å². The summed E-state index contributed by atoms with van der Waals surface area (Å²) in [6.45, 7) is 5.53. The van der Waals surface area contributed by atoms with E-state index in [1.54, 1.807) is 108 Å². The molecule has 4 atom stereocenters. The number of fused-ring (bicyclic) bond motifs is 1. The number of anilines is 2. The number of ether oxygens (including phenoxy) is 4. The van der Waals surface area contributed by atoms with Crippen molar-refractivity contribution in [2.45, 2.75) is 67.3 Å². The Kier molecular flexibility index (Phi) is 18.3. The minimum atomic E-state index is -1.47. The average molecular weight is 1180 g/mol. The van der Waals surface area contributed by atoms with Crippen molar-refractivity contribution in [1.82, 2.24) is 45.1 Å². The summed E-state index contributed by atoms with van der Waals surface area (Å²) in [4.78, 5) is 113. The van der Waals surface area contributed by atoms with Crippen molar-refractivity contribution >= 4 is 88.4 Å². The van der Waals surface area contributed by atoms with Crippen LogP contribution in [-0.2, 0) is 55.6 Å². The molecule has 1 aromatic heterocycles. The average Bonchev–Trinajstić information content (AvgIpc) is 1.06. The Hall–Kier alpha value is -8.91. The molecule has 0 saturated carbocycles. The highest BCUT2D eigenvalue weighted by molar-refractivity contribution is 8.01. The van der Waals surface area contributed by atoms with E-state index in [4.69, 9.17) is 18.9 Å². The van der Waals surface area contributed by atoms with E-state index >= 15 is 0 Å². The lowest BCUT2D eigenvalue weighted by atomic mass is 9.85. The Labute approximate surface area is 492 Å². The first-order valence-corrected chi connectivity index (χ1v) is 28.7. The Morgan fingerprint density at radius 3 is 2.05 bits per heavy atom. The number of quaternary nitrogens is 1.